The molecule has 0 saturated heterocycles. The summed E-state index contributed by atoms with van der Waals surface area (Å²) in [5.41, 5.74) is 0.922. The van der Waals surface area contributed by atoms with Crippen molar-refractivity contribution in [3.05, 3.63) is 16.7 Å². The Labute approximate surface area is 113 Å². The molecule has 102 valence electrons. The lowest BCUT2D eigenvalue weighted by Gasteiger charge is -2.09. The molecule has 3 N–H and O–H groups in total. The van der Waals surface area contributed by atoms with Crippen molar-refractivity contribution in [2.45, 2.75) is 51.7 Å². The maximum Gasteiger partial charge on any atom is 0.151 e. The topological polar surface area (TPSA) is 60.9 Å². The van der Waals surface area contributed by atoms with E-state index in [4.69, 9.17) is 11.6 Å². The largest absolute Gasteiger partial charge is 0.392 e. The van der Waals surface area contributed by atoms with Crippen LogP contribution >= 0.6 is 11.6 Å². The number of H-pyrrole nitrogens is 1. The Balaban J connectivity index is 1.75. The average molecular weight is 272 g/mol. The van der Waals surface area contributed by atoms with Crippen LogP contribution in [0.4, 0.5) is 0 Å². The van der Waals surface area contributed by atoms with Crippen molar-refractivity contribution in [1.82, 2.24) is 15.3 Å². The molecule has 1 atom stereocenters. The Hall–Kier alpha value is -0.580. The minimum absolute atomic E-state index is 0.216. The predicted octanol–water partition coefficient (Wildman–Crippen LogP) is 2.27. The Morgan fingerprint density at radius 2 is 2.33 bits per heavy atom. The number of unbranched alkanes of at least 4 members (excludes halogenated alkanes) is 1. The molecule has 4 nitrogen and oxygen atoms in total. The fourth-order valence-corrected chi connectivity index (χ4v) is 2.23. The molecule has 5 heteroatoms. The van der Waals surface area contributed by atoms with Crippen LogP contribution < -0.4 is 5.32 Å². The molecule has 2 rings (SSSR count). The van der Waals surface area contributed by atoms with Crippen LogP contribution in [-0.2, 0) is 13.0 Å². The number of aromatic amines is 1. The van der Waals surface area contributed by atoms with Crippen molar-refractivity contribution >= 4 is 11.6 Å². The molecule has 0 aliphatic heterocycles. The fraction of sp³-hybridized carbons (Fsp3) is 0.769. The van der Waals surface area contributed by atoms with Gasteiger partial charge in [0.1, 0.15) is 5.82 Å². The molecule has 1 unspecified atom stereocenters. The molecule has 1 aromatic rings. The first-order valence-corrected chi connectivity index (χ1v) is 7.20. The zero-order valence-electron chi connectivity index (χ0n) is 10.9. The highest BCUT2D eigenvalue weighted by atomic mass is 35.5. The van der Waals surface area contributed by atoms with Gasteiger partial charge in [0.25, 0.3) is 0 Å². The fourth-order valence-electron chi connectivity index (χ4n) is 2.01. The third-order valence-corrected chi connectivity index (χ3v) is 3.68. The molecule has 1 aliphatic rings. The number of aromatic nitrogens is 2. The van der Waals surface area contributed by atoms with Crippen molar-refractivity contribution in [2.24, 2.45) is 5.92 Å². The number of nitrogens with zero attached hydrogens (tertiary/aromatic N) is 1. The Kier molecular flexibility index (Phi) is 5.03. The first kappa shape index (κ1) is 13.8. The van der Waals surface area contributed by atoms with E-state index in [1.807, 2.05) is 0 Å². The second-order valence-corrected chi connectivity index (χ2v) is 5.45. The monoisotopic (exact) mass is 271 g/mol. The highest BCUT2D eigenvalue weighted by Crippen LogP contribution is 2.32. The van der Waals surface area contributed by atoms with E-state index in [2.05, 4.69) is 22.2 Å². The minimum Gasteiger partial charge on any atom is -0.392 e. The molecule has 1 saturated carbocycles. The van der Waals surface area contributed by atoms with Crippen LogP contribution in [0.2, 0.25) is 5.15 Å². The second kappa shape index (κ2) is 6.55. The first-order valence-electron chi connectivity index (χ1n) is 6.82. The molecule has 1 fully saturated rings. The van der Waals surface area contributed by atoms with Crippen LogP contribution in [0.1, 0.15) is 44.1 Å². The molecule has 0 radical (unpaired) electrons. The lowest BCUT2D eigenvalue weighted by Crippen LogP contribution is -2.28. The highest BCUT2D eigenvalue weighted by Gasteiger charge is 2.29. The number of aryl methyl sites for hydroxylation is 1. The molecule has 0 bridgehead atoms. The Bertz CT molecular complexity index is 376. The maximum absolute atomic E-state index is 9.74. The van der Waals surface area contributed by atoms with Crippen molar-refractivity contribution in [1.29, 1.82) is 0 Å². The van der Waals surface area contributed by atoms with Crippen LogP contribution in [0.5, 0.6) is 0 Å². The maximum atomic E-state index is 9.74. The number of hydrogen-bond donors (Lipinski definition) is 3. The van der Waals surface area contributed by atoms with E-state index in [-0.39, 0.29) is 6.10 Å². The average Bonchev–Trinajstić information content (AvgIpc) is 3.13. The van der Waals surface area contributed by atoms with Crippen molar-refractivity contribution in [2.75, 3.05) is 6.54 Å². The van der Waals surface area contributed by atoms with Crippen LogP contribution in [0, 0.1) is 5.92 Å². The first-order chi connectivity index (χ1) is 8.70. The number of rotatable bonds is 8. The summed E-state index contributed by atoms with van der Waals surface area (Å²) in [6, 6.07) is 0. The summed E-state index contributed by atoms with van der Waals surface area (Å²) in [6.45, 7) is 3.43. The van der Waals surface area contributed by atoms with E-state index in [9.17, 15) is 5.11 Å². The standard InChI is InChI=1S/C13H22ClN3O/c1-2-3-4-12-16-10(13(14)17-12)7-15-8-11(18)9-5-6-9/h9,11,15,18H,2-8H2,1H3,(H,16,17). The normalized spacial score (nSPS) is 17.1. The summed E-state index contributed by atoms with van der Waals surface area (Å²) in [5, 5.41) is 13.5. The number of nitrogens with one attached hydrogen (secondary N) is 2. The van der Waals surface area contributed by atoms with E-state index in [1.54, 1.807) is 0 Å². The number of imidazole rings is 1. The minimum atomic E-state index is -0.216. The molecule has 0 spiro atoms. The molecule has 0 amide bonds. The SMILES string of the molecule is CCCCc1nc(Cl)c(CNCC(O)C2CC2)[nH]1. The second-order valence-electron chi connectivity index (χ2n) is 5.09. The van der Waals surface area contributed by atoms with Gasteiger partial charge in [-0.25, -0.2) is 4.98 Å². The summed E-state index contributed by atoms with van der Waals surface area (Å²) < 4.78 is 0. The molecule has 1 aliphatic carbocycles. The molecule has 1 aromatic heterocycles. The predicted molar refractivity (Wildman–Crippen MR) is 72.6 cm³/mol. The van der Waals surface area contributed by atoms with Crippen LogP contribution in [0.25, 0.3) is 0 Å². The van der Waals surface area contributed by atoms with Gasteiger partial charge >= 0.3 is 0 Å². The van der Waals surface area contributed by atoms with E-state index in [0.29, 0.717) is 24.2 Å². The van der Waals surface area contributed by atoms with Gasteiger partial charge in [-0.15, -0.1) is 0 Å². The lowest BCUT2D eigenvalue weighted by atomic mass is 10.2. The highest BCUT2D eigenvalue weighted by molar-refractivity contribution is 6.30. The Morgan fingerprint density at radius 1 is 1.56 bits per heavy atom. The van der Waals surface area contributed by atoms with E-state index >= 15 is 0 Å². The molecule has 0 aromatic carbocycles. The van der Waals surface area contributed by atoms with Gasteiger partial charge in [-0.3, -0.25) is 0 Å². The zero-order valence-corrected chi connectivity index (χ0v) is 11.6. The number of halogens is 1. The quantitative estimate of drug-likeness (QED) is 0.680. The van der Waals surface area contributed by atoms with Crippen molar-refractivity contribution < 1.29 is 5.11 Å². The number of hydrogen-bond acceptors (Lipinski definition) is 3. The van der Waals surface area contributed by atoms with Gasteiger partial charge in [-0.05, 0) is 25.2 Å². The van der Waals surface area contributed by atoms with Crippen LogP contribution in [0.15, 0.2) is 0 Å². The lowest BCUT2D eigenvalue weighted by molar-refractivity contribution is 0.148. The summed E-state index contributed by atoms with van der Waals surface area (Å²) >= 11 is 6.07. The smallest absolute Gasteiger partial charge is 0.151 e. The Morgan fingerprint density at radius 3 is 3.00 bits per heavy atom. The molecule has 18 heavy (non-hydrogen) atoms. The molecular weight excluding hydrogens is 250 g/mol. The van der Waals surface area contributed by atoms with Gasteiger partial charge in [0, 0.05) is 19.5 Å². The van der Waals surface area contributed by atoms with Crippen molar-refractivity contribution in [3.8, 4) is 0 Å². The zero-order chi connectivity index (χ0) is 13.0. The van der Waals surface area contributed by atoms with Crippen LogP contribution in [0.3, 0.4) is 0 Å². The van der Waals surface area contributed by atoms with Gasteiger partial charge in [0.2, 0.25) is 0 Å². The third kappa shape index (κ3) is 3.97. The number of aliphatic hydroxyl groups excluding tert-OH is 1. The van der Waals surface area contributed by atoms with E-state index in [1.165, 1.54) is 0 Å². The van der Waals surface area contributed by atoms with Gasteiger partial charge in [-0.2, -0.15) is 0 Å². The van der Waals surface area contributed by atoms with E-state index < -0.39 is 0 Å². The van der Waals surface area contributed by atoms with Gasteiger partial charge < -0.3 is 15.4 Å². The van der Waals surface area contributed by atoms with Gasteiger partial charge in [0.05, 0.1) is 11.8 Å². The summed E-state index contributed by atoms with van der Waals surface area (Å²) in [4.78, 5) is 7.55. The third-order valence-electron chi connectivity index (χ3n) is 3.37. The summed E-state index contributed by atoms with van der Waals surface area (Å²) in [7, 11) is 0. The molecule has 1 heterocycles. The van der Waals surface area contributed by atoms with Crippen LogP contribution in [-0.4, -0.2) is 27.7 Å². The number of aliphatic hydroxyl groups is 1. The van der Waals surface area contributed by atoms with Crippen molar-refractivity contribution in [3.63, 3.8) is 0 Å². The summed E-state index contributed by atoms with van der Waals surface area (Å²) in [5.74, 6) is 1.47. The van der Waals surface area contributed by atoms with Gasteiger partial charge in [-0.1, -0.05) is 24.9 Å². The summed E-state index contributed by atoms with van der Waals surface area (Å²) in [6.07, 6.45) is 5.33. The van der Waals surface area contributed by atoms with Gasteiger partial charge in [0.15, 0.2) is 5.15 Å². The van der Waals surface area contributed by atoms with E-state index in [0.717, 1.165) is 43.6 Å². The molecular formula is C13H22ClN3O.